The minimum absolute atomic E-state index is 0.0474. The highest BCUT2D eigenvalue weighted by atomic mass is 32.2. The van der Waals surface area contributed by atoms with Crippen LogP contribution in [0.4, 0.5) is 5.69 Å². The summed E-state index contributed by atoms with van der Waals surface area (Å²) in [7, 11) is -2.30. The maximum Gasteiger partial charge on any atom is 0.262 e. The molecule has 1 amide bonds. The molecule has 0 unspecified atom stereocenters. The first-order chi connectivity index (χ1) is 14.8. The van der Waals surface area contributed by atoms with Crippen LogP contribution >= 0.6 is 0 Å². The first kappa shape index (κ1) is 22.7. The van der Waals surface area contributed by atoms with Crippen LogP contribution in [-0.4, -0.2) is 64.4 Å². The van der Waals surface area contributed by atoms with Gasteiger partial charge in [-0.05, 0) is 49.4 Å². The van der Waals surface area contributed by atoms with Crippen LogP contribution in [-0.2, 0) is 19.6 Å². The molecule has 0 saturated carbocycles. The van der Waals surface area contributed by atoms with Gasteiger partial charge in [-0.25, -0.2) is 8.42 Å². The topological polar surface area (TPSA) is 111 Å². The number of amides is 1. The Kier molecular flexibility index (Phi) is 7.26. The predicted octanol–water partition coefficient (Wildman–Crippen LogP) is 1.94. The fourth-order valence-electron chi connectivity index (χ4n) is 3.00. The third-order valence-corrected chi connectivity index (χ3v) is 6.58. The van der Waals surface area contributed by atoms with E-state index in [1.807, 2.05) is 0 Å². The zero-order chi connectivity index (χ0) is 22.4. The van der Waals surface area contributed by atoms with Crippen LogP contribution in [0.1, 0.15) is 17.3 Å². The van der Waals surface area contributed by atoms with E-state index in [4.69, 9.17) is 14.2 Å². The molecule has 9 nitrogen and oxygen atoms in total. The van der Waals surface area contributed by atoms with Crippen LogP contribution in [0.15, 0.2) is 47.4 Å². The smallest absolute Gasteiger partial charge is 0.262 e. The SMILES string of the molecule is COc1ccc(S(=O)(=O)N2CCOCC2)cc1NC(=O)COc1ccc(C(C)=O)cc1. The van der Waals surface area contributed by atoms with E-state index in [1.54, 1.807) is 24.3 Å². The van der Waals surface area contributed by atoms with E-state index < -0.39 is 15.9 Å². The molecule has 2 aromatic rings. The Hall–Kier alpha value is -2.95. The molecule has 0 radical (unpaired) electrons. The number of Topliss-reactive ketones (excluding diaryl/α,β-unsaturated/α-hetero) is 1. The highest BCUT2D eigenvalue weighted by Gasteiger charge is 2.27. The molecule has 1 N–H and O–H groups in total. The molecule has 1 fully saturated rings. The molecule has 2 aromatic carbocycles. The summed E-state index contributed by atoms with van der Waals surface area (Å²) in [5.41, 5.74) is 0.761. The quantitative estimate of drug-likeness (QED) is 0.614. The molecule has 31 heavy (non-hydrogen) atoms. The van der Waals surface area contributed by atoms with Gasteiger partial charge in [0, 0.05) is 18.7 Å². The number of carbonyl (C=O) groups is 2. The number of anilines is 1. The van der Waals surface area contributed by atoms with Gasteiger partial charge in [0.25, 0.3) is 5.91 Å². The lowest BCUT2D eigenvalue weighted by Gasteiger charge is -2.26. The predicted molar refractivity (Wildman–Crippen MR) is 113 cm³/mol. The number of methoxy groups -OCH3 is 1. The number of sulfonamides is 1. The Balaban J connectivity index is 1.70. The molecule has 1 heterocycles. The van der Waals surface area contributed by atoms with Gasteiger partial charge < -0.3 is 19.5 Å². The second-order valence-corrected chi connectivity index (χ2v) is 8.73. The molecular weight excluding hydrogens is 424 g/mol. The Morgan fingerprint density at radius 1 is 1.10 bits per heavy atom. The number of morpholine rings is 1. The van der Waals surface area contributed by atoms with Gasteiger partial charge in [0.05, 0.1) is 30.9 Å². The summed E-state index contributed by atoms with van der Waals surface area (Å²) in [4.78, 5) is 23.7. The van der Waals surface area contributed by atoms with Crippen molar-refractivity contribution in [3.63, 3.8) is 0 Å². The number of nitrogens with one attached hydrogen (secondary N) is 1. The van der Waals surface area contributed by atoms with Crippen LogP contribution in [0, 0.1) is 0 Å². The highest BCUT2D eigenvalue weighted by Crippen LogP contribution is 2.29. The minimum Gasteiger partial charge on any atom is -0.495 e. The van der Waals surface area contributed by atoms with E-state index in [0.29, 0.717) is 30.3 Å². The molecule has 1 saturated heterocycles. The fourth-order valence-corrected chi connectivity index (χ4v) is 4.44. The molecule has 3 rings (SSSR count). The maximum atomic E-state index is 12.9. The molecule has 0 atom stereocenters. The van der Waals surface area contributed by atoms with Crippen molar-refractivity contribution in [2.45, 2.75) is 11.8 Å². The summed E-state index contributed by atoms with van der Waals surface area (Å²) in [6.07, 6.45) is 0. The van der Waals surface area contributed by atoms with Gasteiger partial charge in [0.15, 0.2) is 12.4 Å². The maximum absolute atomic E-state index is 12.9. The third-order valence-electron chi connectivity index (χ3n) is 4.68. The third kappa shape index (κ3) is 5.60. The van der Waals surface area contributed by atoms with Crippen molar-refractivity contribution in [3.8, 4) is 11.5 Å². The number of nitrogens with zero attached hydrogens (tertiary/aromatic N) is 1. The molecule has 0 bridgehead atoms. The van der Waals surface area contributed by atoms with Crippen LogP contribution in [0.5, 0.6) is 11.5 Å². The molecule has 0 spiro atoms. The molecule has 10 heteroatoms. The zero-order valence-corrected chi connectivity index (χ0v) is 18.1. The van der Waals surface area contributed by atoms with E-state index in [-0.39, 0.29) is 36.1 Å². The van der Waals surface area contributed by atoms with Gasteiger partial charge in [-0.2, -0.15) is 4.31 Å². The molecule has 166 valence electrons. The van der Waals surface area contributed by atoms with Crippen molar-refractivity contribution in [1.29, 1.82) is 0 Å². The standard InChI is InChI=1S/C21H24N2O7S/c1-15(24)16-3-5-17(6-4-16)30-14-21(25)22-19-13-18(7-8-20(19)28-2)31(26,27)23-9-11-29-12-10-23/h3-8,13H,9-12,14H2,1-2H3,(H,22,25). The first-order valence-electron chi connectivity index (χ1n) is 9.61. The largest absolute Gasteiger partial charge is 0.495 e. The molecule has 0 aromatic heterocycles. The van der Waals surface area contributed by atoms with Crippen molar-refractivity contribution >= 4 is 27.4 Å². The number of ketones is 1. The highest BCUT2D eigenvalue weighted by molar-refractivity contribution is 7.89. The van der Waals surface area contributed by atoms with Gasteiger partial charge in [0.2, 0.25) is 10.0 Å². The van der Waals surface area contributed by atoms with E-state index >= 15 is 0 Å². The number of carbonyl (C=O) groups excluding carboxylic acids is 2. The van der Waals surface area contributed by atoms with E-state index in [9.17, 15) is 18.0 Å². The summed E-state index contributed by atoms with van der Waals surface area (Å²) in [6, 6.07) is 10.7. The van der Waals surface area contributed by atoms with E-state index in [1.165, 1.54) is 36.5 Å². The average molecular weight is 448 g/mol. The Labute approximate surface area is 181 Å². The van der Waals surface area contributed by atoms with Gasteiger partial charge >= 0.3 is 0 Å². The summed E-state index contributed by atoms with van der Waals surface area (Å²) >= 11 is 0. The van der Waals surface area contributed by atoms with Crippen LogP contribution in [0.3, 0.4) is 0 Å². The normalized spacial score (nSPS) is 14.6. The summed E-state index contributed by atoms with van der Waals surface area (Å²) in [5, 5.41) is 2.63. The number of hydrogen-bond acceptors (Lipinski definition) is 7. The van der Waals surface area contributed by atoms with Crippen LogP contribution < -0.4 is 14.8 Å². The monoisotopic (exact) mass is 448 g/mol. The number of rotatable bonds is 8. The lowest BCUT2D eigenvalue weighted by Crippen LogP contribution is -2.40. The van der Waals surface area contributed by atoms with Crippen LogP contribution in [0.25, 0.3) is 0 Å². The van der Waals surface area contributed by atoms with Crippen molar-refractivity contribution in [3.05, 3.63) is 48.0 Å². The molecular formula is C21H24N2O7S. The molecule has 0 aliphatic carbocycles. The van der Waals surface area contributed by atoms with Crippen molar-refractivity contribution in [1.82, 2.24) is 4.31 Å². The Morgan fingerprint density at radius 2 is 1.77 bits per heavy atom. The van der Waals surface area contributed by atoms with Crippen molar-refractivity contribution in [2.75, 3.05) is 45.3 Å². The second kappa shape index (κ2) is 9.90. The number of benzene rings is 2. The Bertz CT molecular complexity index is 1050. The first-order valence-corrected chi connectivity index (χ1v) is 11.0. The van der Waals surface area contributed by atoms with Gasteiger partial charge in [-0.3, -0.25) is 9.59 Å². The number of hydrogen-bond donors (Lipinski definition) is 1. The van der Waals surface area contributed by atoms with Gasteiger partial charge in [-0.1, -0.05) is 0 Å². The van der Waals surface area contributed by atoms with Gasteiger partial charge in [0.1, 0.15) is 11.5 Å². The minimum atomic E-state index is -3.72. The van der Waals surface area contributed by atoms with E-state index in [0.717, 1.165) is 0 Å². The zero-order valence-electron chi connectivity index (χ0n) is 17.3. The average Bonchev–Trinajstić information content (AvgIpc) is 2.78. The fraction of sp³-hybridized carbons (Fsp3) is 0.333. The second-order valence-electron chi connectivity index (χ2n) is 6.80. The van der Waals surface area contributed by atoms with E-state index in [2.05, 4.69) is 5.32 Å². The lowest BCUT2D eigenvalue weighted by atomic mass is 10.1. The molecule has 1 aliphatic heterocycles. The summed E-state index contributed by atoms with van der Waals surface area (Å²) in [6.45, 7) is 2.37. The van der Waals surface area contributed by atoms with Crippen LogP contribution in [0.2, 0.25) is 0 Å². The lowest BCUT2D eigenvalue weighted by molar-refractivity contribution is -0.118. The molecule has 1 aliphatic rings. The summed E-state index contributed by atoms with van der Waals surface area (Å²) < 4.78 is 43.0. The Morgan fingerprint density at radius 3 is 2.39 bits per heavy atom. The summed E-state index contributed by atoms with van der Waals surface area (Å²) in [5.74, 6) is 0.189. The van der Waals surface area contributed by atoms with Crippen molar-refractivity contribution < 1.29 is 32.2 Å². The van der Waals surface area contributed by atoms with Gasteiger partial charge in [-0.15, -0.1) is 0 Å². The number of ether oxygens (including phenoxy) is 3. The van der Waals surface area contributed by atoms with Crippen molar-refractivity contribution in [2.24, 2.45) is 0 Å².